The number of morpholine rings is 1. The molecule has 5 nitrogen and oxygen atoms in total. The Hall–Kier alpha value is -1.05. The number of ether oxygens (including phenoxy) is 1. The molecular formula is C13H18N4OS2. The van der Waals surface area contributed by atoms with Crippen molar-refractivity contribution in [3.63, 3.8) is 0 Å². The molecule has 1 saturated heterocycles. The van der Waals surface area contributed by atoms with E-state index < -0.39 is 0 Å². The van der Waals surface area contributed by atoms with Gasteiger partial charge >= 0.3 is 0 Å². The van der Waals surface area contributed by atoms with Gasteiger partial charge in [0.1, 0.15) is 16.9 Å². The lowest BCUT2D eigenvalue weighted by molar-refractivity contribution is 0.0396. The molecule has 0 amide bonds. The second-order valence-corrected chi connectivity index (χ2v) is 6.92. The van der Waals surface area contributed by atoms with Gasteiger partial charge in [-0.3, -0.25) is 0 Å². The van der Waals surface area contributed by atoms with Crippen LogP contribution in [0.1, 0.15) is 30.8 Å². The zero-order chi connectivity index (χ0) is 13.9. The Labute approximate surface area is 126 Å². The lowest BCUT2D eigenvalue weighted by atomic mass is 10.1. The first-order valence-corrected chi connectivity index (χ1v) is 8.46. The maximum Gasteiger partial charge on any atom is 0.205 e. The maximum absolute atomic E-state index is 5.81. The second-order valence-electron chi connectivity index (χ2n) is 5.27. The summed E-state index contributed by atoms with van der Waals surface area (Å²) < 4.78 is 10.3. The predicted molar refractivity (Wildman–Crippen MR) is 81.5 cm³/mol. The van der Waals surface area contributed by atoms with Crippen molar-refractivity contribution < 1.29 is 4.74 Å². The van der Waals surface area contributed by atoms with Gasteiger partial charge in [-0.05, 0) is 5.92 Å². The van der Waals surface area contributed by atoms with Gasteiger partial charge in [0.25, 0.3) is 0 Å². The van der Waals surface area contributed by atoms with E-state index in [2.05, 4.69) is 33.1 Å². The molecule has 108 valence electrons. The first kappa shape index (κ1) is 13.9. The summed E-state index contributed by atoms with van der Waals surface area (Å²) in [5.74, 6) is 1.54. The first-order chi connectivity index (χ1) is 9.72. The molecule has 0 N–H and O–H groups in total. The molecule has 0 saturated carbocycles. The van der Waals surface area contributed by atoms with E-state index in [-0.39, 0.29) is 6.10 Å². The third kappa shape index (κ3) is 3.16. The molecule has 0 aliphatic carbocycles. The van der Waals surface area contributed by atoms with Crippen molar-refractivity contribution >= 4 is 28.0 Å². The standard InChI is InChI=1S/C13H18N4OS2/c1-9(2)7-11-15-13(20-16-11)17-4-5-18-10(8-17)12-14-3-6-19-12/h3,6,9-10H,4-5,7-8H2,1-2H3. The summed E-state index contributed by atoms with van der Waals surface area (Å²) >= 11 is 3.13. The number of rotatable bonds is 4. The Balaban J connectivity index is 1.69. The smallest absolute Gasteiger partial charge is 0.205 e. The highest BCUT2D eigenvalue weighted by molar-refractivity contribution is 7.10. The fourth-order valence-electron chi connectivity index (χ4n) is 2.19. The van der Waals surface area contributed by atoms with Crippen LogP contribution in [0.5, 0.6) is 0 Å². The third-order valence-corrected chi connectivity index (χ3v) is 4.79. The predicted octanol–water partition coefficient (Wildman–Crippen LogP) is 2.77. The highest BCUT2D eigenvalue weighted by Gasteiger charge is 2.26. The van der Waals surface area contributed by atoms with E-state index in [4.69, 9.17) is 4.74 Å². The maximum atomic E-state index is 5.81. The molecule has 2 aromatic heterocycles. The molecule has 3 rings (SSSR count). The van der Waals surface area contributed by atoms with Gasteiger partial charge in [0.15, 0.2) is 0 Å². The fraction of sp³-hybridized carbons (Fsp3) is 0.615. The summed E-state index contributed by atoms with van der Waals surface area (Å²) in [7, 11) is 0. The summed E-state index contributed by atoms with van der Waals surface area (Å²) in [5, 5.41) is 4.04. The van der Waals surface area contributed by atoms with Crippen LogP contribution in [-0.4, -0.2) is 34.0 Å². The van der Waals surface area contributed by atoms with Crippen molar-refractivity contribution in [2.75, 3.05) is 24.6 Å². The third-order valence-electron chi connectivity index (χ3n) is 3.11. The van der Waals surface area contributed by atoms with Crippen LogP contribution in [-0.2, 0) is 11.2 Å². The Morgan fingerprint density at radius 3 is 3.15 bits per heavy atom. The van der Waals surface area contributed by atoms with Gasteiger partial charge in [-0.1, -0.05) is 13.8 Å². The monoisotopic (exact) mass is 310 g/mol. The topological polar surface area (TPSA) is 51.1 Å². The van der Waals surface area contributed by atoms with Crippen LogP contribution in [0.3, 0.4) is 0 Å². The number of hydrogen-bond donors (Lipinski definition) is 0. The molecule has 0 radical (unpaired) electrons. The van der Waals surface area contributed by atoms with E-state index in [1.807, 2.05) is 11.6 Å². The molecule has 1 atom stereocenters. The summed E-state index contributed by atoms with van der Waals surface area (Å²) in [6, 6.07) is 0. The molecule has 1 fully saturated rings. The van der Waals surface area contributed by atoms with Crippen LogP contribution >= 0.6 is 22.9 Å². The highest BCUT2D eigenvalue weighted by atomic mass is 32.1. The molecule has 0 bridgehead atoms. The summed E-state index contributed by atoms with van der Waals surface area (Å²) in [5.41, 5.74) is 0. The Morgan fingerprint density at radius 2 is 2.40 bits per heavy atom. The van der Waals surface area contributed by atoms with Crippen molar-refractivity contribution in [1.29, 1.82) is 0 Å². The zero-order valence-corrected chi connectivity index (χ0v) is 13.3. The lowest BCUT2D eigenvalue weighted by Gasteiger charge is -2.31. The van der Waals surface area contributed by atoms with Crippen LogP contribution in [0.15, 0.2) is 11.6 Å². The van der Waals surface area contributed by atoms with E-state index in [1.165, 1.54) is 11.5 Å². The van der Waals surface area contributed by atoms with Crippen LogP contribution in [0.2, 0.25) is 0 Å². The number of hydrogen-bond acceptors (Lipinski definition) is 7. The molecule has 1 aliphatic heterocycles. The average molecular weight is 310 g/mol. The molecule has 3 heterocycles. The normalized spacial score (nSPS) is 19.8. The van der Waals surface area contributed by atoms with Gasteiger partial charge in [-0.15, -0.1) is 11.3 Å². The molecule has 0 aromatic carbocycles. The largest absolute Gasteiger partial charge is 0.367 e. The van der Waals surface area contributed by atoms with Gasteiger partial charge < -0.3 is 9.64 Å². The van der Waals surface area contributed by atoms with E-state index >= 15 is 0 Å². The van der Waals surface area contributed by atoms with Crippen molar-refractivity contribution in [2.45, 2.75) is 26.4 Å². The SMILES string of the molecule is CC(C)Cc1nsc(N2CCOC(c3nccs3)C2)n1. The highest BCUT2D eigenvalue weighted by Crippen LogP contribution is 2.28. The van der Waals surface area contributed by atoms with E-state index in [0.717, 1.165) is 35.5 Å². The minimum Gasteiger partial charge on any atom is -0.367 e. The number of nitrogens with zero attached hydrogens (tertiary/aromatic N) is 4. The van der Waals surface area contributed by atoms with E-state index in [1.54, 1.807) is 11.3 Å². The summed E-state index contributed by atoms with van der Waals surface area (Å²) in [4.78, 5) is 11.3. The van der Waals surface area contributed by atoms with Gasteiger partial charge in [0.05, 0.1) is 13.2 Å². The quantitative estimate of drug-likeness (QED) is 0.869. The number of thiazole rings is 1. The van der Waals surface area contributed by atoms with Crippen molar-refractivity contribution in [3.05, 3.63) is 22.4 Å². The Kier molecular flexibility index (Phi) is 4.28. The van der Waals surface area contributed by atoms with Gasteiger partial charge in [0, 0.05) is 36.1 Å². The number of aromatic nitrogens is 3. The molecule has 0 spiro atoms. The molecule has 7 heteroatoms. The molecule has 20 heavy (non-hydrogen) atoms. The Bertz CT molecular complexity index is 540. The van der Waals surface area contributed by atoms with Crippen LogP contribution < -0.4 is 4.90 Å². The molecular weight excluding hydrogens is 292 g/mol. The van der Waals surface area contributed by atoms with Crippen molar-refractivity contribution in [1.82, 2.24) is 14.3 Å². The van der Waals surface area contributed by atoms with Crippen molar-refractivity contribution in [2.24, 2.45) is 5.92 Å². The molecule has 2 aromatic rings. The van der Waals surface area contributed by atoms with Crippen LogP contribution in [0, 0.1) is 5.92 Å². The van der Waals surface area contributed by atoms with Crippen LogP contribution in [0.25, 0.3) is 0 Å². The number of anilines is 1. The fourth-order valence-corrected chi connectivity index (χ4v) is 3.59. The second kappa shape index (κ2) is 6.15. The van der Waals surface area contributed by atoms with Crippen molar-refractivity contribution in [3.8, 4) is 0 Å². The zero-order valence-electron chi connectivity index (χ0n) is 11.7. The van der Waals surface area contributed by atoms with Gasteiger partial charge in [0.2, 0.25) is 5.13 Å². The average Bonchev–Trinajstić information content (AvgIpc) is 3.09. The van der Waals surface area contributed by atoms with Gasteiger partial charge in [-0.2, -0.15) is 4.37 Å². The van der Waals surface area contributed by atoms with Gasteiger partial charge in [-0.25, -0.2) is 9.97 Å². The van der Waals surface area contributed by atoms with E-state index in [0.29, 0.717) is 12.5 Å². The van der Waals surface area contributed by atoms with E-state index in [9.17, 15) is 0 Å². The molecule has 1 aliphatic rings. The lowest BCUT2D eigenvalue weighted by Crippen LogP contribution is -2.38. The van der Waals surface area contributed by atoms with Crippen LogP contribution in [0.4, 0.5) is 5.13 Å². The molecule has 1 unspecified atom stereocenters. The first-order valence-electron chi connectivity index (χ1n) is 6.81. The summed E-state index contributed by atoms with van der Waals surface area (Å²) in [6.07, 6.45) is 2.83. The minimum absolute atomic E-state index is 0.0567. The minimum atomic E-state index is 0.0567. The Morgan fingerprint density at radius 1 is 1.50 bits per heavy atom. The summed E-state index contributed by atoms with van der Waals surface area (Å²) in [6.45, 7) is 6.77.